The monoisotopic (exact) mass is 257 g/mol. The molecule has 1 unspecified atom stereocenters. The molecule has 1 saturated heterocycles. The van der Waals surface area contributed by atoms with Crippen LogP contribution >= 0.6 is 0 Å². The van der Waals surface area contributed by atoms with Gasteiger partial charge in [0.1, 0.15) is 0 Å². The molecule has 0 bridgehead atoms. The Kier molecular flexibility index (Phi) is 4.94. The Morgan fingerprint density at radius 1 is 1.33 bits per heavy atom. The predicted octanol–water partition coefficient (Wildman–Crippen LogP) is 1.15. The zero-order valence-corrected chi connectivity index (χ0v) is 10.4. The molecule has 0 radical (unpaired) electrons. The molecule has 4 atom stereocenters. The minimum atomic E-state index is -0.958. The van der Waals surface area contributed by atoms with Crippen LogP contribution in [0.5, 0.6) is 0 Å². The molecule has 1 rings (SSSR count). The van der Waals surface area contributed by atoms with Gasteiger partial charge in [-0.15, -0.1) is 0 Å². The van der Waals surface area contributed by atoms with Crippen molar-refractivity contribution in [2.45, 2.75) is 39.3 Å². The van der Waals surface area contributed by atoms with Crippen molar-refractivity contribution in [2.75, 3.05) is 6.54 Å². The Balaban J connectivity index is 2.77. The van der Waals surface area contributed by atoms with Crippen LogP contribution in [-0.4, -0.2) is 37.0 Å². The smallest absolute Gasteiger partial charge is 0.305 e. The van der Waals surface area contributed by atoms with E-state index in [1.807, 2.05) is 0 Å². The first-order valence-electron chi connectivity index (χ1n) is 5.46. The molecule has 8 nitrogen and oxygen atoms in total. The number of nitrogens with zero attached hydrogens (tertiary/aromatic N) is 3. The van der Waals surface area contributed by atoms with E-state index in [2.05, 4.69) is 10.0 Å². The zero-order chi connectivity index (χ0) is 13.7. The molecule has 8 heteroatoms. The predicted molar refractivity (Wildman–Crippen MR) is 59.2 cm³/mol. The van der Waals surface area contributed by atoms with E-state index in [0.29, 0.717) is 0 Å². The standard InChI is InChI=1S/C10H15N3O5/c1-5-8(4-12-13-11)18-10(17-7(3)15)9(5)16-6(2)14/h5,8-10H,4H2,1-3H3/t5-,8-,9+,10?/m1/s1. The summed E-state index contributed by atoms with van der Waals surface area (Å²) in [6, 6.07) is 0. The van der Waals surface area contributed by atoms with E-state index >= 15 is 0 Å². The molecular formula is C10H15N3O5. The van der Waals surface area contributed by atoms with Gasteiger partial charge < -0.3 is 14.2 Å². The quantitative estimate of drug-likeness (QED) is 0.324. The van der Waals surface area contributed by atoms with Gasteiger partial charge in [-0.2, -0.15) is 0 Å². The van der Waals surface area contributed by atoms with Gasteiger partial charge in [0.15, 0.2) is 6.10 Å². The number of rotatable bonds is 4. The van der Waals surface area contributed by atoms with Crippen LogP contribution in [0.1, 0.15) is 20.8 Å². The van der Waals surface area contributed by atoms with Crippen molar-refractivity contribution in [2.24, 2.45) is 11.0 Å². The van der Waals surface area contributed by atoms with Crippen LogP contribution in [0.4, 0.5) is 0 Å². The molecule has 0 spiro atoms. The van der Waals surface area contributed by atoms with Gasteiger partial charge in [0.25, 0.3) is 0 Å². The highest BCUT2D eigenvalue weighted by Crippen LogP contribution is 2.30. The molecule has 0 aromatic rings. The van der Waals surface area contributed by atoms with Crippen molar-refractivity contribution in [1.29, 1.82) is 0 Å². The Morgan fingerprint density at radius 3 is 2.44 bits per heavy atom. The van der Waals surface area contributed by atoms with E-state index in [9.17, 15) is 9.59 Å². The number of azide groups is 1. The molecule has 0 amide bonds. The Morgan fingerprint density at radius 2 is 1.94 bits per heavy atom. The molecule has 0 N–H and O–H groups in total. The summed E-state index contributed by atoms with van der Waals surface area (Å²) in [6.45, 7) is 4.36. The van der Waals surface area contributed by atoms with Crippen LogP contribution in [0, 0.1) is 5.92 Å². The van der Waals surface area contributed by atoms with Crippen LogP contribution in [0.2, 0.25) is 0 Å². The SMILES string of the molecule is CC(=O)OC1O[C@H](CN=[N+]=[N-])[C@@H](C)[C@@H]1OC(C)=O. The summed E-state index contributed by atoms with van der Waals surface area (Å²) in [5, 5.41) is 3.41. The summed E-state index contributed by atoms with van der Waals surface area (Å²) in [5.74, 6) is -1.26. The summed E-state index contributed by atoms with van der Waals surface area (Å²) in [4.78, 5) is 24.6. The average Bonchev–Trinajstić information content (AvgIpc) is 2.53. The minimum absolute atomic E-state index is 0.0905. The lowest BCUT2D eigenvalue weighted by atomic mass is 10.0. The fourth-order valence-electron chi connectivity index (χ4n) is 1.77. The van der Waals surface area contributed by atoms with Gasteiger partial charge in [-0.3, -0.25) is 9.59 Å². The van der Waals surface area contributed by atoms with E-state index in [1.165, 1.54) is 13.8 Å². The van der Waals surface area contributed by atoms with Crippen molar-refractivity contribution in [3.05, 3.63) is 10.4 Å². The first kappa shape index (κ1) is 14.3. The molecule has 1 heterocycles. The molecule has 18 heavy (non-hydrogen) atoms. The Hall–Kier alpha value is -1.79. The van der Waals surface area contributed by atoms with Crippen molar-refractivity contribution in [3.8, 4) is 0 Å². The lowest BCUT2D eigenvalue weighted by Crippen LogP contribution is -2.33. The van der Waals surface area contributed by atoms with E-state index in [4.69, 9.17) is 19.7 Å². The molecule has 0 saturated carbocycles. The summed E-state index contributed by atoms with van der Waals surface area (Å²) >= 11 is 0. The third-order valence-corrected chi connectivity index (χ3v) is 2.59. The third kappa shape index (κ3) is 3.61. The van der Waals surface area contributed by atoms with Gasteiger partial charge in [-0.25, -0.2) is 0 Å². The van der Waals surface area contributed by atoms with Gasteiger partial charge in [0.2, 0.25) is 6.29 Å². The van der Waals surface area contributed by atoms with Crippen LogP contribution < -0.4 is 0 Å². The normalized spacial score (nSPS) is 30.4. The van der Waals surface area contributed by atoms with Gasteiger partial charge in [-0.05, 0) is 5.53 Å². The lowest BCUT2D eigenvalue weighted by Gasteiger charge is -2.19. The topological polar surface area (TPSA) is 111 Å². The summed E-state index contributed by atoms with van der Waals surface area (Å²) in [5.41, 5.74) is 8.27. The maximum absolute atomic E-state index is 11.0. The molecule has 1 aliphatic rings. The molecule has 0 aromatic carbocycles. The number of ether oxygens (including phenoxy) is 3. The first-order chi connectivity index (χ1) is 8.45. The first-order valence-corrected chi connectivity index (χ1v) is 5.46. The van der Waals surface area contributed by atoms with Crippen LogP contribution in [-0.2, 0) is 23.8 Å². The summed E-state index contributed by atoms with van der Waals surface area (Å²) in [7, 11) is 0. The van der Waals surface area contributed by atoms with Crippen molar-refractivity contribution in [1.82, 2.24) is 0 Å². The van der Waals surface area contributed by atoms with Gasteiger partial charge >= 0.3 is 11.9 Å². The maximum Gasteiger partial charge on any atom is 0.305 e. The van der Waals surface area contributed by atoms with Crippen LogP contribution in [0.25, 0.3) is 10.4 Å². The molecule has 1 fully saturated rings. The van der Waals surface area contributed by atoms with Crippen molar-refractivity contribution >= 4 is 11.9 Å². The second kappa shape index (κ2) is 6.23. The fourth-order valence-corrected chi connectivity index (χ4v) is 1.77. The van der Waals surface area contributed by atoms with E-state index in [1.54, 1.807) is 6.92 Å². The molecule has 100 valence electrons. The molecule has 0 aromatic heterocycles. The van der Waals surface area contributed by atoms with E-state index < -0.39 is 30.4 Å². The highest BCUT2D eigenvalue weighted by atomic mass is 16.7. The minimum Gasteiger partial charge on any atom is -0.455 e. The van der Waals surface area contributed by atoms with Crippen LogP contribution in [0.15, 0.2) is 5.11 Å². The lowest BCUT2D eigenvalue weighted by molar-refractivity contribution is -0.193. The number of carbonyl (C=O) groups excluding carboxylic acids is 2. The Labute approximate surface area is 104 Å². The van der Waals surface area contributed by atoms with Gasteiger partial charge in [0, 0.05) is 24.7 Å². The third-order valence-electron chi connectivity index (χ3n) is 2.59. The van der Waals surface area contributed by atoms with Gasteiger partial charge in [0.05, 0.1) is 12.6 Å². The molecular weight excluding hydrogens is 242 g/mol. The molecule has 1 aliphatic heterocycles. The number of esters is 2. The summed E-state index contributed by atoms with van der Waals surface area (Å²) in [6.07, 6.45) is -2.10. The number of hydrogen-bond donors (Lipinski definition) is 0. The highest BCUT2D eigenvalue weighted by molar-refractivity contribution is 5.67. The Bertz CT molecular complexity index is 380. The average molecular weight is 257 g/mol. The zero-order valence-electron chi connectivity index (χ0n) is 10.4. The number of carbonyl (C=O) groups is 2. The summed E-state index contributed by atoms with van der Waals surface area (Å²) < 4.78 is 15.4. The molecule has 0 aliphatic carbocycles. The maximum atomic E-state index is 11.0. The number of hydrogen-bond acceptors (Lipinski definition) is 6. The van der Waals surface area contributed by atoms with Gasteiger partial charge in [-0.1, -0.05) is 12.0 Å². The second-order valence-electron chi connectivity index (χ2n) is 4.00. The second-order valence-corrected chi connectivity index (χ2v) is 4.00. The van der Waals surface area contributed by atoms with E-state index in [-0.39, 0.29) is 12.5 Å². The van der Waals surface area contributed by atoms with Crippen molar-refractivity contribution in [3.63, 3.8) is 0 Å². The van der Waals surface area contributed by atoms with Crippen LogP contribution in [0.3, 0.4) is 0 Å². The largest absolute Gasteiger partial charge is 0.455 e. The van der Waals surface area contributed by atoms with Crippen molar-refractivity contribution < 1.29 is 23.8 Å². The fraction of sp³-hybridized carbons (Fsp3) is 0.800. The highest BCUT2D eigenvalue weighted by Gasteiger charge is 2.45. The van der Waals surface area contributed by atoms with E-state index in [0.717, 1.165) is 0 Å².